The van der Waals surface area contributed by atoms with Gasteiger partial charge in [-0.1, -0.05) is 44.0 Å². The van der Waals surface area contributed by atoms with Crippen LogP contribution in [0.25, 0.3) is 0 Å². The highest BCUT2D eigenvalue weighted by molar-refractivity contribution is 6.39. The smallest absolute Gasteiger partial charge is 0.269 e. The van der Waals surface area contributed by atoms with Crippen molar-refractivity contribution < 1.29 is 14.0 Å². The van der Waals surface area contributed by atoms with E-state index in [-0.39, 0.29) is 17.3 Å². The fourth-order valence-corrected chi connectivity index (χ4v) is 3.74. The largest absolute Gasteiger partial charge is 0.387 e. The molecule has 0 saturated carbocycles. The predicted octanol–water partition coefficient (Wildman–Crippen LogP) is 3.10. The molecule has 0 aromatic heterocycles. The van der Waals surface area contributed by atoms with Crippen LogP contribution in [0.5, 0.6) is 0 Å². The van der Waals surface area contributed by atoms with Gasteiger partial charge < -0.3 is 10.2 Å². The minimum atomic E-state index is -0.339. The third-order valence-electron chi connectivity index (χ3n) is 5.53. The van der Waals surface area contributed by atoms with Crippen LogP contribution in [0.3, 0.4) is 0 Å². The lowest BCUT2D eigenvalue weighted by Gasteiger charge is -2.24. The molecule has 0 radical (unpaired) electrons. The monoisotopic (exact) mass is 361 g/mol. The number of carbonyl (C=O) groups excluding carboxylic acids is 1. The van der Waals surface area contributed by atoms with Crippen molar-refractivity contribution in [3.05, 3.63) is 35.6 Å². The number of benzene rings is 1. The van der Waals surface area contributed by atoms with Gasteiger partial charge in [0, 0.05) is 39.0 Å². The molecule has 1 aromatic rings. The molecule has 26 heavy (non-hydrogen) atoms. The van der Waals surface area contributed by atoms with Crippen molar-refractivity contribution in [3.8, 4) is 0 Å². The van der Waals surface area contributed by atoms with E-state index >= 15 is 0 Å². The quantitative estimate of drug-likeness (QED) is 0.812. The van der Waals surface area contributed by atoms with Gasteiger partial charge in [0.05, 0.1) is 0 Å². The Balaban J connectivity index is 1.48. The fraction of sp³-hybridized carbons (Fsp3) is 0.600. The van der Waals surface area contributed by atoms with E-state index in [2.05, 4.69) is 29.2 Å². The van der Waals surface area contributed by atoms with Crippen molar-refractivity contribution >= 4 is 11.6 Å². The van der Waals surface area contributed by atoms with Crippen LogP contribution in [0.15, 0.2) is 29.4 Å². The van der Waals surface area contributed by atoms with Crippen molar-refractivity contribution in [2.45, 2.75) is 51.7 Å². The van der Waals surface area contributed by atoms with Crippen molar-refractivity contribution in [2.75, 3.05) is 19.6 Å². The van der Waals surface area contributed by atoms with Gasteiger partial charge >= 0.3 is 0 Å². The van der Waals surface area contributed by atoms with E-state index in [1.54, 1.807) is 12.1 Å². The zero-order valence-electron chi connectivity index (χ0n) is 15.6. The zero-order chi connectivity index (χ0) is 18.6. The van der Waals surface area contributed by atoms with E-state index in [9.17, 15) is 9.18 Å². The normalized spacial score (nSPS) is 22.7. The number of hydrogen-bond acceptors (Lipinski definition) is 4. The number of oxime groups is 1. The van der Waals surface area contributed by atoms with Crippen LogP contribution in [0.2, 0.25) is 0 Å². The molecule has 1 spiro atoms. The van der Waals surface area contributed by atoms with Gasteiger partial charge in [-0.2, -0.15) is 0 Å². The Morgan fingerprint density at radius 3 is 2.77 bits per heavy atom. The second-order valence-corrected chi connectivity index (χ2v) is 7.47. The molecule has 1 atom stereocenters. The highest BCUT2D eigenvalue weighted by Crippen LogP contribution is 2.34. The molecular formula is C20H28FN3O2. The average Bonchev–Trinajstić information content (AvgIpc) is 3.26. The molecule has 0 unspecified atom stereocenters. The molecule has 0 aliphatic carbocycles. The van der Waals surface area contributed by atoms with Gasteiger partial charge in [0.2, 0.25) is 0 Å². The first kappa shape index (κ1) is 18.8. The molecule has 1 N–H and O–H groups in total. The summed E-state index contributed by atoms with van der Waals surface area (Å²) in [7, 11) is 0. The van der Waals surface area contributed by atoms with E-state index in [0.29, 0.717) is 24.6 Å². The van der Waals surface area contributed by atoms with Crippen LogP contribution >= 0.6 is 0 Å². The molecule has 1 fully saturated rings. The van der Waals surface area contributed by atoms with E-state index < -0.39 is 0 Å². The third-order valence-corrected chi connectivity index (χ3v) is 5.53. The summed E-state index contributed by atoms with van der Waals surface area (Å²) in [5.74, 6) is 0.227. The molecule has 1 aromatic carbocycles. The number of amides is 1. The number of rotatable bonds is 7. The first-order valence-corrected chi connectivity index (χ1v) is 9.53. The Bertz CT molecular complexity index is 658. The van der Waals surface area contributed by atoms with Gasteiger partial charge in [0.25, 0.3) is 5.91 Å². The molecule has 3 rings (SSSR count). The summed E-state index contributed by atoms with van der Waals surface area (Å²) in [6.07, 6.45) is 3.84. The molecule has 2 heterocycles. The van der Waals surface area contributed by atoms with Crippen LogP contribution in [-0.4, -0.2) is 41.8 Å². The van der Waals surface area contributed by atoms with Gasteiger partial charge in [-0.3, -0.25) is 9.69 Å². The number of hydrogen-bond donors (Lipinski definition) is 1. The zero-order valence-corrected chi connectivity index (χ0v) is 15.6. The maximum Gasteiger partial charge on any atom is 0.269 e. The summed E-state index contributed by atoms with van der Waals surface area (Å²) in [5.41, 5.74) is 0.969. The Labute approximate surface area is 154 Å². The van der Waals surface area contributed by atoms with Crippen LogP contribution in [0.1, 0.15) is 45.1 Å². The molecule has 6 heteroatoms. The van der Waals surface area contributed by atoms with Gasteiger partial charge in [0.1, 0.15) is 11.5 Å². The minimum absolute atomic E-state index is 0.204. The topological polar surface area (TPSA) is 53.9 Å². The number of likely N-dealkylation sites (tertiary alicyclic amines) is 1. The predicted molar refractivity (Wildman–Crippen MR) is 99.2 cm³/mol. The molecule has 2 aliphatic rings. The average molecular weight is 361 g/mol. The summed E-state index contributed by atoms with van der Waals surface area (Å²) < 4.78 is 12.9. The number of halogens is 1. The van der Waals surface area contributed by atoms with Gasteiger partial charge in [-0.25, -0.2) is 4.39 Å². The Morgan fingerprint density at radius 1 is 1.35 bits per heavy atom. The molecule has 1 amide bonds. The van der Waals surface area contributed by atoms with Crippen LogP contribution < -0.4 is 5.32 Å². The van der Waals surface area contributed by atoms with E-state index in [0.717, 1.165) is 31.6 Å². The standard InChI is InChI=1S/C20H28FN3O2/c1-3-15(4-2)13-24-10-9-20(14-24)11-18(23-26-20)19(25)22-12-16-5-7-17(21)8-6-16/h5-8,15H,3-4,9-14H2,1-2H3,(H,22,25)/t20-/m1/s1. The lowest BCUT2D eigenvalue weighted by molar-refractivity contribution is -0.115. The fourth-order valence-electron chi connectivity index (χ4n) is 3.74. The number of nitrogens with one attached hydrogen (secondary N) is 1. The van der Waals surface area contributed by atoms with E-state index in [1.165, 1.54) is 25.0 Å². The molecule has 1 saturated heterocycles. The highest BCUT2D eigenvalue weighted by Gasteiger charge is 2.46. The summed E-state index contributed by atoms with van der Waals surface area (Å²) in [6, 6.07) is 6.10. The lowest BCUT2D eigenvalue weighted by atomic mass is 9.96. The maximum atomic E-state index is 12.9. The Morgan fingerprint density at radius 2 is 2.08 bits per heavy atom. The second kappa shape index (κ2) is 8.16. The number of nitrogens with zero attached hydrogens (tertiary/aromatic N) is 2. The third kappa shape index (κ3) is 4.41. The van der Waals surface area contributed by atoms with Gasteiger partial charge in [-0.05, 0) is 23.6 Å². The van der Waals surface area contributed by atoms with Crippen molar-refractivity contribution in [3.63, 3.8) is 0 Å². The van der Waals surface area contributed by atoms with Crippen molar-refractivity contribution in [2.24, 2.45) is 11.1 Å². The van der Waals surface area contributed by atoms with Crippen LogP contribution in [-0.2, 0) is 16.2 Å². The van der Waals surface area contributed by atoms with E-state index in [4.69, 9.17) is 4.84 Å². The highest BCUT2D eigenvalue weighted by atomic mass is 19.1. The first-order chi connectivity index (χ1) is 12.5. The first-order valence-electron chi connectivity index (χ1n) is 9.53. The molecule has 2 aliphatic heterocycles. The SMILES string of the molecule is CCC(CC)CN1CC[C@@]2(CC(C(=O)NCc3ccc(F)cc3)=NO2)C1. The number of carbonyl (C=O) groups is 1. The maximum absolute atomic E-state index is 12.9. The summed E-state index contributed by atoms with van der Waals surface area (Å²) in [4.78, 5) is 20.5. The summed E-state index contributed by atoms with van der Waals surface area (Å²) in [6.45, 7) is 7.74. The van der Waals surface area contributed by atoms with Crippen LogP contribution in [0.4, 0.5) is 4.39 Å². The minimum Gasteiger partial charge on any atom is -0.387 e. The second-order valence-electron chi connectivity index (χ2n) is 7.47. The molecule has 0 bridgehead atoms. The van der Waals surface area contributed by atoms with Crippen LogP contribution in [0, 0.1) is 11.7 Å². The van der Waals surface area contributed by atoms with Gasteiger partial charge in [-0.15, -0.1) is 0 Å². The van der Waals surface area contributed by atoms with Crippen molar-refractivity contribution in [1.82, 2.24) is 10.2 Å². The molecule has 5 nitrogen and oxygen atoms in total. The lowest BCUT2D eigenvalue weighted by Crippen LogP contribution is -2.37. The molecule has 142 valence electrons. The van der Waals surface area contributed by atoms with Crippen molar-refractivity contribution in [1.29, 1.82) is 0 Å². The molecular weight excluding hydrogens is 333 g/mol. The Kier molecular flexibility index (Phi) is 5.91. The summed E-state index contributed by atoms with van der Waals surface area (Å²) in [5, 5.41) is 6.91. The van der Waals surface area contributed by atoms with Gasteiger partial charge in [0.15, 0.2) is 5.60 Å². The summed E-state index contributed by atoms with van der Waals surface area (Å²) >= 11 is 0. The van der Waals surface area contributed by atoms with E-state index in [1.807, 2.05) is 0 Å². The Hall–Kier alpha value is -1.95.